The van der Waals surface area contributed by atoms with Crippen molar-refractivity contribution in [3.05, 3.63) is 34.9 Å². The highest BCUT2D eigenvalue weighted by atomic mass is 35.5. The second kappa shape index (κ2) is 5.71. The number of carbonyl (C=O) groups is 3. The molecule has 1 aliphatic rings. The summed E-state index contributed by atoms with van der Waals surface area (Å²) in [7, 11) is 0. The van der Waals surface area contributed by atoms with E-state index in [2.05, 4.69) is 10.7 Å². The summed E-state index contributed by atoms with van der Waals surface area (Å²) in [4.78, 5) is 33.7. The van der Waals surface area contributed by atoms with Crippen molar-refractivity contribution in [3.8, 4) is 0 Å². The molecule has 0 aromatic heterocycles. The van der Waals surface area contributed by atoms with Crippen LogP contribution in [-0.2, 0) is 16.0 Å². The highest BCUT2D eigenvalue weighted by molar-refractivity contribution is 6.30. The molecule has 0 spiro atoms. The summed E-state index contributed by atoms with van der Waals surface area (Å²) >= 11 is 5.76. The van der Waals surface area contributed by atoms with Gasteiger partial charge in [-0.05, 0) is 24.1 Å². The zero-order chi connectivity index (χ0) is 13.8. The van der Waals surface area contributed by atoms with E-state index in [0.29, 0.717) is 11.4 Å². The van der Waals surface area contributed by atoms with Crippen LogP contribution in [0.5, 0.6) is 0 Å². The van der Waals surface area contributed by atoms with Crippen molar-refractivity contribution in [2.75, 3.05) is 6.54 Å². The number of aryl methyl sites for hydroxylation is 1. The number of nitrogens with zero attached hydrogens (tertiary/aromatic N) is 1. The number of halogens is 1. The third-order valence-electron chi connectivity index (χ3n) is 2.61. The first-order chi connectivity index (χ1) is 9.04. The lowest BCUT2D eigenvalue weighted by atomic mass is 10.1. The number of urea groups is 1. The zero-order valence-corrected chi connectivity index (χ0v) is 10.7. The van der Waals surface area contributed by atoms with Crippen molar-refractivity contribution in [1.82, 2.24) is 15.8 Å². The van der Waals surface area contributed by atoms with Crippen LogP contribution in [0.2, 0.25) is 5.02 Å². The molecule has 0 saturated carbocycles. The Morgan fingerprint density at radius 2 is 2.00 bits per heavy atom. The van der Waals surface area contributed by atoms with Crippen LogP contribution in [0.4, 0.5) is 4.79 Å². The Labute approximate surface area is 114 Å². The monoisotopic (exact) mass is 281 g/mol. The third kappa shape index (κ3) is 3.69. The molecule has 6 nitrogen and oxygen atoms in total. The van der Waals surface area contributed by atoms with Gasteiger partial charge in [-0.25, -0.2) is 9.80 Å². The fourth-order valence-corrected chi connectivity index (χ4v) is 1.77. The van der Waals surface area contributed by atoms with Gasteiger partial charge in [0.1, 0.15) is 6.54 Å². The summed E-state index contributed by atoms with van der Waals surface area (Å²) in [6.07, 6.45) is 0.756. The summed E-state index contributed by atoms with van der Waals surface area (Å²) in [6, 6.07) is 6.57. The van der Waals surface area contributed by atoms with Crippen LogP contribution in [0, 0.1) is 0 Å². The van der Waals surface area contributed by atoms with Crippen molar-refractivity contribution in [1.29, 1.82) is 0 Å². The van der Waals surface area contributed by atoms with E-state index >= 15 is 0 Å². The van der Waals surface area contributed by atoms with Gasteiger partial charge in [-0.1, -0.05) is 23.7 Å². The summed E-state index contributed by atoms with van der Waals surface area (Å²) < 4.78 is 0. The second-order valence-corrected chi connectivity index (χ2v) is 4.54. The Morgan fingerprint density at radius 1 is 1.32 bits per heavy atom. The van der Waals surface area contributed by atoms with Crippen molar-refractivity contribution in [2.24, 2.45) is 0 Å². The fourth-order valence-electron chi connectivity index (χ4n) is 1.65. The van der Waals surface area contributed by atoms with Gasteiger partial charge in [0.05, 0.1) is 0 Å². The maximum absolute atomic E-state index is 11.6. The number of imide groups is 1. The molecule has 2 rings (SSSR count). The first-order valence-corrected chi connectivity index (χ1v) is 6.07. The van der Waals surface area contributed by atoms with Gasteiger partial charge in [-0.2, -0.15) is 0 Å². The molecular formula is C12H12ClN3O3. The van der Waals surface area contributed by atoms with Crippen molar-refractivity contribution >= 4 is 29.4 Å². The highest BCUT2D eigenvalue weighted by Gasteiger charge is 2.27. The smallest absolute Gasteiger partial charge is 0.275 e. The number of amides is 4. The largest absolute Gasteiger partial charge is 0.343 e. The van der Waals surface area contributed by atoms with Crippen molar-refractivity contribution in [2.45, 2.75) is 12.8 Å². The van der Waals surface area contributed by atoms with Crippen LogP contribution < -0.4 is 10.7 Å². The maximum atomic E-state index is 11.6. The van der Waals surface area contributed by atoms with Crippen LogP contribution in [0.25, 0.3) is 0 Å². The summed E-state index contributed by atoms with van der Waals surface area (Å²) in [6.45, 7) is -0.147. The van der Waals surface area contributed by atoms with Gasteiger partial charge >= 0.3 is 6.03 Å². The third-order valence-corrected chi connectivity index (χ3v) is 2.86. The van der Waals surface area contributed by atoms with Crippen LogP contribution >= 0.6 is 11.6 Å². The number of nitrogens with one attached hydrogen (secondary N) is 2. The van der Waals surface area contributed by atoms with E-state index in [1.165, 1.54) is 0 Å². The molecule has 1 aromatic rings. The maximum Gasteiger partial charge on any atom is 0.343 e. The number of hydrogen-bond acceptors (Lipinski definition) is 3. The normalized spacial score (nSPS) is 14.5. The predicted molar refractivity (Wildman–Crippen MR) is 68.2 cm³/mol. The Kier molecular flexibility index (Phi) is 4.01. The Bertz CT molecular complexity index is 515. The first kappa shape index (κ1) is 13.4. The standard InChI is InChI=1S/C12H12ClN3O3/c13-9-4-1-8(2-5-9)3-6-10(17)15-16-7-11(18)14-12(16)19/h1-2,4-5H,3,6-7H2,(H,15,17)(H,14,18,19). The molecule has 0 atom stereocenters. The molecule has 0 radical (unpaired) electrons. The van der Waals surface area contributed by atoms with Crippen LogP contribution in [0.3, 0.4) is 0 Å². The quantitative estimate of drug-likeness (QED) is 0.803. The fraction of sp³-hybridized carbons (Fsp3) is 0.250. The van der Waals surface area contributed by atoms with Gasteiger partial charge in [0.2, 0.25) is 11.8 Å². The molecule has 7 heteroatoms. The highest BCUT2D eigenvalue weighted by Crippen LogP contribution is 2.10. The molecule has 1 aromatic carbocycles. The van der Waals surface area contributed by atoms with Crippen LogP contribution in [0.15, 0.2) is 24.3 Å². The topological polar surface area (TPSA) is 78.5 Å². The number of rotatable bonds is 4. The van der Waals surface area contributed by atoms with E-state index in [1.54, 1.807) is 12.1 Å². The van der Waals surface area contributed by atoms with Gasteiger partial charge in [-0.3, -0.25) is 20.3 Å². The summed E-state index contributed by atoms with van der Waals surface area (Å²) in [5.41, 5.74) is 3.35. The predicted octanol–water partition coefficient (Wildman–Crippen LogP) is 0.856. The lowest BCUT2D eigenvalue weighted by Crippen LogP contribution is -2.44. The van der Waals surface area contributed by atoms with Gasteiger partial charge in [0.15, 0.2) is 0 Å². The minimum atomic E-state index is -0.607. The average molecular weight is 282 g/mol. The number of benzene rings is 1. The van der Waals surface area contributed by atoms with E-state index in [-0.39, 0.29) is 18.9 Å². The van der Waals surface area contributed by atoms with Gasteiger partial charge in [0.25, 0.3) is 0 Å². The van der Waals surface area contributed by atoms with E-state index in [1.807, 2.05) is 12.1 Å². The molecule has 0 aliphatic carbocycles. The van der Waals surface area contributed by atoms with Crippen molar-refractivity contribution in [3.63, 3.8) is 0 Å². The lowest BCUT2D eigenvalue weighted by molar-refractivity contribution is -0.125. The Morgan fingerprint density at radius 3 is 2.58 bits per heavy atom. The minimum absolute atomic E-state index is 0.147. The van der Waals surface area contributed by atoms with Crippen LogP contribution in [0.1, 0.15) is 12.0 Å². The molecule has 0 bridgehead atoms. The van der Waals surface area contributed by atoms with E-state index in [0.717, 1.165) is 10.6 Å². The zero-order valence-electron chi connectivity index (χ0n) is 9.98. The molecule has 1 aliphatic heterocycles. The molecule has 0 unspecified atom stereocenters. The van der Waals surface area contributed by atoms with E-state index in [4.69, 9.17) is 11.6 Å². The van der Waals surface area contributed by atoms with Gasteiger partial charge in [-0.15, -0.1) is 0 Å². The second-order valence-electron chi connectivity index (χ2n) is 4.10. The van der Waals surface area contributed by atoms with E-state index in [9.17, 15) is 14.4 Å². The van der Waals surface area contributed by atoms with Crippen LogP contribution in [-0.4, -0.2) is 29.4 Å². The van der Waals surface area contributed by atoms with E-state index < -0.39 is 11.9 Å². The number of hydrogen-bond donors (Lipinski definition) is 2. The number of carbonyl (C=O) groups excluding carboxylic acids is 3. The molecule has 1 heterocycles. The molecule has 1 saturated heterocycles. The first-order valence-electron chi connectivity index (χ1n) is 5.70. The van der Waals surface area contributed by atoms with Gasteiger partial charge in [0, 0.05) is 11.4 Å². The van der Waals surface area contributed by atoms with Crippen molar-refractivity contribution < 1.29 is 14.4 Å². The lowest BCUT2D eigenvalue weighted by Gasteiger charge is -2.14. The molecule has 1 fully saturated rings. The SMILES string of the molecule is O=C1CN(NC(=O)CCc2ccc(Cl)cc2)C(=O)N1. The molecule has 100 valence electrons. The summed E-state index contributed by atoms with van der Waals surface area (Å²) in [5, 5.41) is 3.68. The Balaban J connectivity index is 1.80. The molecule has 19 heavy (non-hydrogen) atoms. The molecule has 2 N–H and O–H groups in total. The summed E-state index contributed by atoms with van der Waals surface area (Å²) in [5.74, 6) is -0.747. The molecular weight excluding hydrogens is 270 g/mol. The molecule has 4 amide bonds. The Hall–Kier alpha value is -2.08. The average Bonchev–Trinajstić information content (AvgIpc) is 2.67. The van der Waals surface area contributed by atoms with Gasteiger partial charge < -0.3 is 0 Å². The number of hydrazine groups is 1. The minimum Gasteiger partial charge on any atom is -0.275 e.